The van der Waals surface area contributed by atoms with Gasteiger partial charge < -0.3 is 9.64 Å². The third-order valence-corrected chi connectivity index (χ3v) is 7.29. The normalized spacial score (nSPS) is 16.9. The van der Waals surface area contributed by atoms with E-state index < -0.39 is 39.0 Å². The smallest absolute Gasteiger partial charge is 0.416 e. The van der Waals surface area contributed by atoms with Gasteiger partial charge in [0.05, 0.1) is 16.0 Å². The lowest BCUT2D eigenvalue weighted by Gasteiger charge is -2.42. The van der Waals surface area contributed by atoms with Gasteiger partial charge in [-0.15, -0.1) is 0 Å². The van der Waals surface area contributed by atoms with Crippen LogP contribution in [-0.2, 0) is 26.5 Å². The SMILES string of the molecule is CC(C)(C)OC(=O)N1CCC(NS(=O)(=O)c2ccc(C(F)(F)F)cc2)(c2ccc(Cl)cc2)CC1. The zero-order chi connectivity index (χ0) is 25.4. The number of nitrogens with zero attached hydrogens (tertiary/aromatic N) is 1. The fourth-order valence-corrected chi connectivity index (χ4v) is 5.33. The second-order valence-electron chi connectivity index (χ2n) is 9.18. The van der Waals surface area contributed by atoms with Crippen LogP contribution in [0.4, 0.5) is 18.0 Å². The Morgan fingerprint density at radius 1 is 1.00 bits per heavy atom. The molecule has 0 spiro atoms. The fraction of sp³-hybridized carbons (Fsp3) is 0.435. The molecular formula is C23H26ClF3N2O4S. The number of rotatable bonds is 4. The first kappa shape index (κ1) is 26.3. The average molecular weight is 519 g/mol. The van der Waals surface area contributed by atoms with Gasteiger partial charge in [-0.3, -0.25) is 0 Å². The van der Waals surface area contributed by atoms with Crippen LogP contribution >= 0.6 is 11.6 Å². The van der Waals surface area contributed by atoms with E-state index in [1.807, 2.05) is 0 Å². The number of nitrogens with one attached hydrogen (secondary N) is 1. The number of carbonyl (C=O) groups excluding carboxylic acids is 1. The summed E-state index contributed by atoms with van der Waals surface area (Å²) < 4.78 is 73.2. The highest BCUT2D eigenvalue weighted by molar-refractivity contribution is 7.89. The van der Waals surface area contributed by atoms with Crippen molar-refractivity contribution in [2.45, 2.75) is 55.8 Å². The van der Waals surface area contributed by atoms with E-state index in [-0.39, 0.29) is 30.8 Å². The Balaban J connectivity index is 1.89. The molecule has 1 fully saturated rings. The van der Waals surface area contributed by atoms with E-state index in [0.29, 0.717) is 10.6 Å². The first-order valence-corrected chi connectivity index (χ1v) is 12.4. The molecule has 1 aliphatic rings. The standard InChI is InChI=1S/C23H26ClF3N2O4S/c1-21(2,3)33-20(30)29-14-12-22(13-15-29,16-4-8-18(24)9-5-16)28-34(31,32)19-10-6-17(7-11-19)23(25,26)27/h4-11,28H,12-15H2,1-3H3. The van der Waals surface area contributed by atoms with Crippen LogP contribution in [0.15, 0.2) is 53.4 Å². The molecule has 6 nitrogen and oxygen atoms in total. The van der Waals surface area contributed by atoms with Crippen LogP contribution in [0.3, 0.4) is 0 Å². The van der Waals surface area contributed by atoms with Gasteiger partial charge in [0.1, 0.15) is 5.60 Å². The molecule has 34 heavy (non-hydrogen) atoms. The Kier molecular flexibility index (Phi) is 7.27. The monoisotopic (exact) mass is 518 g/mol. The van der Waals surface area contributed by atoms with Gasteiger partial charge in [0.25, 0.3) is 0 Å². The topological polar surface area (TPSA) is 75.7 Å². The molecular weight excluding hydrogens is 493 g/mol. The summed E-state index contributed by atoms with van der Waals surface area (Å²) in [5.74, 6) is 0. The van der Waals surface area contributed by atoms with Crippen LogP contribution < -0.4 is 4.72 Å². The van der Waals surface area contributed by atoms with E-state index in [2.05, 4.69) is 4.72 Å². The summed E-state index contributed by atoms with van der Waals surface area (Å²) in [6, 6.07) is 9.97. The van der Waals surface area contributed by atoms with Crippen molar-refractivity contribution in [3.8, 4) is 0 Å². The number of benzene rings is 2. The van der Waals surface area contributed by atoms with Gasteiger partial charge >= 0.3 is 12.3 Å². The van der Waals surface area contributed by atoms with Crippen molar-refractivity contribution >= 4 is 27.7 Å². The Morgan fingerprint density at radius 2 is 1.53 bits per heavy atom. The van der Waals surface area contributed by atoms with Crippen LogP contribution in [0.1, 0.15) is 44.7 Å². The molecule has 1 saturated heterocycles. The number of likely N-dealkylation sites (tertiary alicyclic amines) is 1. The molecule has 1 heterocycles. The van der Waals surface area contributed by atoms with E-state index in [1.165, 1.54) is 4.90 Å². The molecule has 0 aliphatic carbocycles. The molecule has 0 atom stereocenters. The Bertz CT molecular complexity index is 1120. The molecule has 2 aromatic carbocycles. The zero-order valence-electron chi connectivity index (χ0n) is 18.9. The maximum Gasteiger partial charge on any atom is 0.416 e. The third kappa shape index (κ3) is 6.22. The largest absolute Gasteiger partial charge is 0.444 e. The van der Waals surface area contributed by atoms with Crippen LogP contribution in [0.2, 0.25) is 5.02 Å². The Morgan fingerprint density at radius 3 is 2.00 bits per heavy atom. The van der Waals surface area contributed by atoms with Gasteiger partial charge in [0.2, 0.25) is 10.0 Å². The second-order valence-corrected chi connectivity index (χ2v) is 11.3. The van der Waals surface area contributed by atoms with E-state index in [1.54, 1.807) is 45.0 Å². The maximum atomic E-state index is 13.2. The molecule has 1 aliphatic heterocycles. The first-order chi connectivity index (χ1) is 15.6. The number of hydrogen-bond acceptors (Lipinski definition) is 4. The Labute approximate surface area is 202 Å². The summed E-state index contributed by atoms with van der Waals surface area (Å²) >= 11 is 6.00. The van der Waals surface area contributed by atoms with Crippen molar-refractivity contribution in [2.24, 2.45) is 0 Å². The predicted octanol–water partition coefficient (Wildman–Crippen LogP) is 5.56. The van der Waals surface area contributed by atoms with Crippen LogP contribution in [0.5, 0.6) is 0 Å². The molecule has 11 heteroatoms. The van der Waals surface area contributed by atoms with Gasteiger partial charge in [-0.05, 0) is 75.6 Å². The number of ether oxygens (including phenoxy) is 1. The van der Waals surface area contributed by atoms with Crippen molar-refractivity contribution in [1.29, 1.82) is 0 Å². The number of alkyl halides is 3. The van der Waals surface area contributed by atoms with Gasteiger partial charge in [-0.25, -0.2) is 17.9 Å². The first-order valence-electron chi connectivity index (χ1n) is 10.6. The van der Waals surface area contributed by atoms with Crippen molar-refractivity contribution in [3.63, 3.8) is 0 Å². The Hall–Kier alpha value is -2.30. The maximum absolute atomic E-state index is 13.2. The lowest BCUT2D eigenvalue weighted by molar-refractivity contribution is -0.137. The lowest BCUT2D eigenvalue weighted by atomic mass is 9.82. The van der Waals surface area contributed by atoms with Crippen LogP contribution in [0.25, 0.3) is 0 Å². The molecule has 0 radical (unpaired) electrons. The summed E-state index contributed by atoms with van der Waals surface area (Å²) in [5.41, 5.74) is -2.07. The third-order valence-electron chi connectivity index (χ3n) is 5.49. The number of piperidine rings is 1. The van der Waals surface area contributed by atoms with Crippen molar-refractivity contribution in [3.05, 3.63) is 64.7 Å². The van der Waals surface area contributed by atoms with Crippen molar-refractivity contribution < 1.29 is 31.1 Å². The van der Waals surface area contributed by atoms with E-state index in [4.69, 9.17) is 16.3 Å². The van der Waals surface area contributed by atoms with Gasteiger partial charge in [0.15, 0.2) is 0 Å². The molecule has 0 unspecified atom stereocenters. The van der Waals surface area contributed by atoms with E-state index in [0.717, 1.165) is 24.3 Å². The highest BCUT2D eigenvalue weighted by atomic mass is 35.5. The minimum atomic E-state index is -4.57. The van der Waals surface area contributed by atoms with E-state index in [9.17, 15) is 26.4 Å². The average Bonchev–Trinajstić information content (AvgIpc) is 2.72. The number of halogens is 4. The molecule has 3 rings (SSSR count). The van der Waals surface area contributed by atoms with Gasteiger partial charge in [0, 0.05) is 18.1 Å². The van der Waals surface area contributed by atoms with Crippen LogP contribution in [-0.4, -0.2) is 38.1 Å². The minimum Gasteiger partial charge on any atom is -0.444 e. The summed E-state index contributed by atoms with van der Waals surface area (Å²) in [7, 11) is -4.19. The highest BCUT2D eigenvalue weighted by Crippen LogP contribution is 2.36. The summed E-state index contributed by atoms with van der Waals surface area (Å²) in [6.45, 7) is 5.70. The van der Waals surface area contributed by atoms with Crippen molar-refractivity contribution in [2.75, 3.05) is 13.1 Å². The highest BCUT2D eigenvalue weighted by Gasteiger charge is 2.42. The molecule has 1 amide bonds. The number of sulfonamides is 1. The lowest BCUT2D eigenvalue weighted by Crippen LogP contribution is -2.54. The summed E-state index contributed by atoms with van der Waals surface area (Å²) in [5, 5.41) is 0.468. The molecule has 0 bridgehead atoms. The van der Waals surface area contributed by atoms with Gasteiger partial charge in [-0.1, -0.05) is 23.7 Å². The number of hydrogen-bond donors (Lipinski definition) is 1. The summed E-state index contributed by atoms with van der Waals surface area (Å²) in [4.78, 5) is 13.7. The predicted molar refractivity (Wildman–Crippen MR) is 122 cm³/mol. The van der Waals surface area contributed by atoms with Crippen LogP contribution in [0, 0.1) is 0 Å². The molecule has 186 valence electrons. The minimum absolute atomic E-state index is 0.215. The molecule has 0 aromatic heterocycles. The van der Waals surface area contributed by atoms with E-state index >= 15 is 0 Å². The zero-order valence-corrected chi connectivity index (χ0v) is 20.5. The quantitative estimate of drug-likeness (QED) is 0.574. The van der Waals surface area contributed by atoms with Gasteiger partial charge in [-0.2, -0.15) is 13.2 Å². The number of carbonyl (C=O) groups is 1. The number of amides is 1. The summed E-state index contributed by atoms with van der Waals surface area (Å²) in [6.07, 6.45) is -4.61. The second kappa shape index (κ2) is 9.39. The molecule has 1 N–H and O–H groups in total. The fourth-order valence-electron chi connectivity index (χ4n) is 3.76. The molecule has 0 saturated carbocycles. The van der Waals surface area contributed by atoms with Crippen molar-refractivity contribution in [1.82, 2.24) is 9.62 Å². The molecule has 2 aromatic rings.